The number of pyridine rings is 1. The number of aryl methyl sites for hydroxylation is 1. The molecule has 0 atom stereocenters. The molecule has 0 saturated carbocycles. The first kappa shape index (κ1) is 14.0. The Morgan fingerprint density at radius 2 is 2.11 bits per heavy atom. The molecular formula is C12H18N4O2. The first-order valence-corrected chi connectivity index (χ1v) is 5.82. The number of nitrogens with zero attached hydrogens (tertiary/aromatic N) is 1. The van der Waals surface area contributed by atoms with Gasteiger partial charge in [0.2, 0.25) is 5.91 Å². The fourth-order valence-electron chi connectivity index (χ4n) is 1.50. The van der Waals surface area contributed by atoms with Crippen LogP contribution in [0.2, 0.25) is 0 Å². The van der Waals surface area contributed by atoms with Crippen molar-refractivity contribution in [2.24, 2.45) is 5.73 Å². The van der Waals surface area contributed by atoms with Gasteiger partial charge >= 0.3 is 0 Å². The first-order valence-electron chi connectivity index (χ1n) is 5.82. The van der Waals surface area contributed by atoms with Gasteiger partial charge in [-0.3, -0.25) is 9.59 Å². The van der Waals surface area contributed by atoms with Gasteiger partial charge in [0.05, 0.1) is 6.54 Å². The van der Waals surface area contributed by atoms with E-state index >= 15 is 0 Å². The van der Waals surface area contributed by atoms with Gasteiger partial charge < -0.3 is 16.4 Å². The monoisotopic (exact) mass is 250 g/mol. The van der Waals surface area contributed by atoms with Crippen LogP contribution in [-0.4, -0.2) is 30.4 Å². The van der Waals surface area contributed by atoms with Crippen molar-refractivity contribution >= 4 is 17.6 Å². The zero-order chi connectivity index (χ0) is 13.5. The molecule has 6 heteroatoms. The molecule has 0 bridgehead atoms. The van der Waals surface area contributed by atoms with E-state index in [-0.39, 0.29) is 12.5 Å². The van der Waals surface area contributed by atoms with Gasteiger partial charge in [-0.05, 0) is 18.6 Å². The molecule has 0 fully saturated rings. The smallest absolute Gasteiger partial charge is 0.251 e. The number of carbonyl (C=O) groups excluding carboxylic acids is 2. The van der Waals surface area contributed by atoms with Gasteiger partial charge in [0.1, 0.15) is 5.82 Å². The molecule has 0 saturated heterocycles. The minimum Gasteiger partial charge on any atom is -0.373 e. The van der Waals surface area contributed by atoms with Crippen molar-refractivity contribution in [3.8, 4) is 0 Å². The fraction of sp³-hybridized carbons (Fsp3) is 0.417. The van der Waals surface area contributed by atoms with Crippen LogP contribution in [0.3, 0.4) is 0 Å². The van der Waals surface area contributed by atoms with Gasteiger partial charge in [0.15, 0.2) is 0 Å². The second kappa shape index (κ2) is 6.58. The Bertz CT molecular complexity index is 446. The molecular weight excluding hydrogens is 232 g/mol. The van der Waals surface area contributed by atoms with E-state index in [1.165, 1.54) is 0 Å². The van der Waals surface area contributed by atoms with E-state index in [0.717, 1.165) is 18.5 Å². The average Bonchev–Trinajstić information content (AvgIpc) is 2.35. The third-order valence-electron chi connectivity index (χ3n) is 2.33. The number of amides is 2. The standard InChI is InChI=1S/C12H18N4O2/c1-3-4-9-5-8(6-11(14-2)16-9)12(18)15-7-10(13)17/h5-6H,3-4,7H2,1-2H3,(H2,13,17)(H,14,16)(H,15,18). The summed E-state index contributed by atoms with van der Waals surface area (Å²) < 4.78 is 0. The number of nitrogens with one attached hydrogen (secondary N) is 2. The van der Waals surface area contributed by atoms with Gasteiger partial charge in [-0.15, -0.1) is 0 Å². The van der Waals surface area contributed by atoms with E-state index in [1.54, 1.807) is 19.2 Å². The third-order valence-corrected chi connectivity index (χ3v) is 2.33. The minimum atomic E-state index is -0.569. The molecule has 1 aromatic rings. The van der Waals surface area contributed by atoms with Crippen molar-refractivity contribution in [1.82, 2.24) is 10.3 Å². The van der Waals surface area contributed by atoms with Gasteiger partial charge in [-0.1, -0.05) is 13.3 Å². The number of anilines is 1. The summed E-state index contributed by atoms with van der Waals surface area (Å²) in [6.07, 6.45) is 1.74. The molecule has 18 heavy (non-hydrogen) atoms. The maximum Gasteiger partial charge on any atom is 0.251 e. The van der Waals surface area contributed by atoms with Crippen LogP contribution in [0.5, 0.6) is 0 Å². The van der Waals surface area contributed by atoms with Gasteiger partial charge in [-0.2, -0.15) is 0 Å². The molecule has 4 N–H and O–H groups in total. The Balaban J connectivity index is 2.89. The van der Waals surface area contributed by atoms with Crippen LogP contribution < -0.4 is 16.4 Å². The summed E-state index contributed by atoms with van der Waals surface area (Å²) in [5.41, 5.74) is 6.29. The van der Waals surface area contributed by atoms with E-state index < -0.39 is 5.91 Å². The van der Waals surface area contributed by atoms with Crippen molar-refractivity contribution in [1.29, 1.82) is 0 Å². The van der Waals surface area contributed by atoms with E-state index in [9.17, 15) is 9.59 Å². The molecule has 0 aliphatic heterocycles. The minimum absolute atomic E-state index is 0.168. The lowest BCUT2D eigenvalue weighted by Crippen LogP contribution is -2.33. The Kier molecular flexibility index (Phi) is 5.10. The lowest BCUT2D eigenvalue weighted by molar-refractivity contribution is -0.117. The molecule has 0 spiro atoms. The highest BCUT2D eigenvalue weighted by atomic mass is 16.2. The van der Waals surface area contributed by atoms with Crippen LogP contribution in [-0.2, 0) is 11.2 Å². The van der Waals surface area contributed by atoms with Crippen molar-refractivity contribution in [2.45, 2.75) is 19.8 Å². The van der Waals surface area contributed by atoms with Crippen LogP contribution in [0, 0.1) is 0 Å². The molecule has 0 aromatic carbocycles. The van der Waals surface area contributed by atoms with Crippen molar-refractivity contribution < 1.29 is 9.59 Å². The summed E-state index contributed by atoms with van der Waals surface area (Å²) in [4.78, 5) is 26.7. The van der Waals surface area contributed by atoms with Crippen molar-refractivity contribution in [2.75, 3.05) is 18.9 Å². The Labute approximate surface area is 106 Å². The van der Waals surface area contributed by atoms with Gasteiger partial charge in [0.25, 0.3) is 5.91 Å². The SMILES string of the molecule is CCCc1cc(C(=O)NCC(N)=O)cc(NC)n1. The summed E-state index contributed by atoms with van der Waals surface area (Å²) in [6, 6.07) is 3.36. The second-order valence-corrected chi connectivity index (χ2v) is 3.88. The molecule has 1 rings (SSSR count). The maximum absolute atomic E-state index is 11.8. The van der Waals surface area contributed by atoms with Crippen molar-refractivity contribution in [3.63, 3.8) is 0 Å². The quantitative estimate of drug-likeness (QED) is 0.676. The zero-order valence-corrected chi connectivity index (χ0v) is 10.6. The summed E-state index contributed by atoms with van der Waals surface area (Å²) in [6.45, 7) is 1.87. The summed E-state index contributed by atoms with van der Waals surface area (Å²) in [5, 5.41) is 5.35. The number of hydrogen-bond acceptors (Lipinski definition) is 4. The highest BCUT2D eigenvalue weighted by Gasteiger charge is 2.09. The molecule has 1 aromatic heterocycles. The first-order chi connectivity index (χ1) is 8.56. The second-order valence-electron chi connectivity index (χ2n) is 3.88. The van der Waals surface area contributed by atoms with Crippen LogP contribution in [0.25, 0.3) is 0 Å². The highest BCUT2D eigenvalue weighted by molar-refractivity contribution is 5.96. The third kappa shape index (κ3) is 4.04. The van der Waals surface area contributed by atoms with Crippen LogP contribution >= 0.6 is 0 Å². The number of rotatable bonds is 6. The number of carbonyl (C=O) groups is 2. The van der Waals surface area contributed by atoms with Gasteiger partial charge in [0, 0.05) is 18.3 Å². The fourth-order valence-corrected chi connectivity index (χ4v) is 1.50. The van der Waals surface area contributed by atoms with E-state index in [4.69, 9.17) is 5.73 Å². The van der Waals surface area contributed by atoms with Crippen LogP contribution in [0.1, 0.15) is 29.4 Å². The largest absolute Gasteiger partial charge is 0.373 e. The number of aromatic nitrogens is 1. The number of nitrogens with two attached hydrogens (primary N) is 1. The Hall–Kier alpha value is -2.11. The lowest BCUT2D eigenvalue weighted by Gasteiger charge is -2.08. The maximum atomic E-state index is 11.8. The lowest BCUT2D eigenvalue weighted by atomic mass is 10.1. The average molecular weight is 250 g/mol. The van der Waals surface area contributed by atoms with E-state index in [2.05, 4.69) is 15.6 Å². The molecule has 98 valence electrons. The number of primary amides is 1. The molecule has 6 nitrogen and oxygen atoms in total. The summed E-state index contributed by atoms with van der Waals surface area (Å²) in [7, 11) is 1.74. The molecule has 2 amide bonds. The topological polar surface area (TPSA) is 97.1 Å². The highest BCUT2D eigenvalue weighted by Crippen LogP contribution is 2.11. The Morgan fingerprint density at radius 3 is 2.67 bits per heavy atom. The van der Waals surface area contributed by atoms with E-state index in [1.807, 2.05) is 6.92 Å². The van der Waals surface area contributed by atoms with Crippen LogP contribution in [0.4, 0.5) is 5.82 Å². The zero-order valence-electron chi connectivity index (χ0n) is 10.6. The molecule has 0 aliphatic rings. The summed E-state index contributed by atoms with van der Waals surface area (Å²) >= 11 is 0. The molecule has 0 unspecified atom stereocenters. The van der Waals surface area contributed by atoms with Crippen molar-refractivity contribution in [3.05, 3.63) is 23.4 Å². The molecule has 0 radical (unpaired) electrons. The van der Waals surface area contributed by atoms with Gasteiger partial charge in [-0.25, -0.2) is 4.98 Å². The summed E-state index contributed by atoms with van der Waals surface area (Å²) in [5.74, 6) is -0.268. The predicted molar refractivity (Wildman–Crippen MR) is 69.3 cm³/mol. The normalized spacial score (nSPS) is 9.89. The van der Waals surface area contributed by atoms with Crippen LogP contribution in [0.15, 0.2) is 12.1 Å². The Morgan fingerprint density at radius 1 is 1.39 bits per heavy atom. The predicted octanol–water partition coefficient (Wildman–Crippen LogP) is 0.291. The van der Waals surface area contributed by atoms with E-state index in [0.29, 0.717) is 11.4 Å². The molecule has 1 heterocycles. The molecule has 0 aliphatic carbocycles. The number of hydrogen-bond donors (Lipinski definition) is 3.